The molecule has 0 atom stereocenters. The van der Waals surface area contributed by atoms with E-state index in [1.807, 2.05) is 0 Å². The van der Waals surface area contributed by atoms with Crippen molar-refractivity contribution >= 4 is 0 Å². The summed E-state index contributed by atoms with van der Waals surface area (Å²) in [5, 5.41) is 24.1. The number of rotatable bonds is 0. The summed E-state index contributed by atoms with van der Waals surface area (Å²) >= 11 is 0. The van der Waals surface area contributed by atoms with Gasteiger partial charge in [0.2, 0.25) is 0 Å². The van der Waals surface area contributed by atoms with Crippen molar-refractivity contribution in [2.24, 2.45) is 0 Å². The zero-order valence-corrected chi connectivity index (χ0v) is 8.13. The summed E-state index contributed by atoms with van der Waals surface area (Å²) in [4.78, 5) is 0. The standard InChI is InChI=1S/2C2H6O.C2H5O.Li.H3N/c3*1-2-3;;/h2*3H,2H2,1H3;2H2,1H3;;1H3/q;;-1;+1;. The van der Waals surface area contributed by atoms with Crippen molar-refractivity contribution in [2.45, 2.75) is 20.8 Å². The maximum absolute atomic E-state index is 8.93. The fourth-order valence-corrected chi connectivity index (χ4v) is 0. The van der Waals surface area contributed by atoms with Crippen LogP contribution in [-0.4, -0.2) is 30.0 Å². The largest absolute Gasteiger partial charge is 1.00 e. The van der Waals surface area contributed by atoms with Crippen LogP contribution in [0.15, 0.2) is 0 Å². The molecule has 0 aliphatic heterocycles. The molecule has 0 fully saturated rings. The van der Waals surface area contributed by atoms with Crippen LogP contribution in [0, 0.1) is 0 Å². The number of hydrogen-bond donors (Lipinski definition) is 3. The Hall–Kier alpha value is 0.437. The molecule has 0 spiro atoms. The first-order chi connectivity index (χ1) is 4.24. The van der Waals surface area contributed by atoms with Crippen molar-refractivity contribution in [3.63, 3.8) is 0 Å². The predicted octanol–water partition coefficient (Wildman–Crippen LogP) is -3.47. The third-order valence-corrected chi connectivity index (χ3v) is 0. The average molecular weight is 161 g/mol. The molecule has 0 rings (SSSR count). The van der Waals surface area contributed by atoms with Gasteiger partial charge in [0.05, 0.1) is 0 Å². The van der Waals surface area contributed by atoms with E-state index in [1.54, 1.807) is 20.8 Å². The molecule has 11 heavy (non-hydrogen) atoms. The van der Waals surface area contributed by atoms with Crippen LogP contribution in [0.2, 0.25) is 0 Å². The second kappa shape index (κ2) is 78.7. The second-order valence-corrected chi connectivity index (χ2v) is 0.921. The Morgan fingerprint density at radius 1 is 1.00 bits per heavy atom. The average Bonchev–Trinajstić information content (AvgIpc) is 1.70. The molecule has 0 aliphatic carbocycles. The first-order valence-corrected chi connectivity index (χ1v) is 3.04. The molecule has 68 valence electrons. The third-order valence-electron chi connectivity index (χ3n) is 0. The fourth-order valence-electron chi connectivity index (χ4n) is 0. The molecule has 5 N–H and O–H groups in total. The van der Waals surface area contributed by atoms with Crippen LogP contribution in [0.1, 0.15) is 20.8 Å². The van der Waals surface area contributed by atoms with Crippen molar-refractivity contribution in [2.75, 3.05) is 19.8 Å². The van der Waals surface area contributed by atoms with Gasteiger partial charge in [-0.1, -0.05) is 6.92 Å². The van der Waals surface area contributed by atoms with E-state index < -0.39 is 0 Å². The molecular formula is C6H20LiNO3. The maximum atomic E-state index is 8.93. The van der Waals surface area contributed by atoms with E-state index in [4.69, 9.17) is 15.3 Å². The van der Waals surface area contributed by atoms with Gasteiger partial charge in [0.1, 0.15) is 0 Å². The second-order valence-electron chi connectivity index (χ2n) is 0.921. The van der Waals surface area contributed by atoms with Crippen molar-refractivity contribution in [1.29, 1.82) is 0 Å². The molecule has 0 aromatic rings. The van der Waals surface area contributed by atoms with E-state index in [2.05, 4.69) is 0 Å². The Kier molecular flexibility index (Phi) is 215. The van der Waals surface area contributed by atoms with Gasteiger partial charge in [-0.3, -0.25) is 0 Å². The van der Waals surface area contributed by atoms with E-state index in [9.17, 15) is 0 Å². The van der Waals surface area contributed by atoms with Crippen LogP contribution in [0.4, 0.5) is 0 Å². The Balaban J connectivity index is -0.0000000150. The van der Waals surface area contributed by atoms with Crippen molar-refractivity contribution < 1.29 is 34.2 Å². The van der Waals surface area contributed by atoms with E-state index in [0.717, 1.165) is 0 Å². The van der Waals surface area contributed by atoms with E-state index in [0.29, 0.717) is 0 Å². The summed E-state index contributed by atoms with van der Waals surface area (Å²) in [5.74, 6) is 0. The zero-order chi connectivity index (χ0) is 8.12. The van der Waals surface area contributed by atoms with Crippen LogP contribution < -0.4 is 30.1 Å². The molecule has 5 heteroatoms. The molecule has 0 heterocycles. The van der Waals surface area contributed by atoms with Gasteiger partial charge in [0.25, 0.3) is 0 Å². The van der Waals surface area contributed by atoms with Gasteiger partial charge in [-0.2, -0.15) is 0 Å². The molecule has 0 radical (unpaired) electrons. The normalized spacial score (nSPS) is 4.91. The number of aliphatic hydroxyl groups excluding tert-OH is 2. The van der Waals surface area contributed by atoms with Crippen LogP contribution in [0.5, 0.6) is 0 Å². The van der Waals surface area contributed by atoms with Gasteiger partial charge < -0.3 is 21.5 Å². The summed E-state index contributed by atoms with van der Waals surface area (Å²) in [7, 11) is 0. The Bertz CT molecular complexity index is 22.5. The van der Waals surface area contributed by atoms with Crippen LogP contribution >= 0.6 is 0 Å². The maximum Gasteiger partial charge on any atom is 1.00 e. The molecular weight excluding hydrogens is 141 g/mol. The summed E-state index contributed by atoms with van der Waals surface area (Å²) in [5.41, 5.74) is 0. The van der Waals surface area contributed by atoms with Crippen LogP contribution in [0.25, 0.3) is 0 Å². The van der Waals surface area contributed by atoms with Gasteiger partial charge in [-0.15, -0.1) is 6.61 Å². The van der Waals surface area contributed by atoms with Gasteiger partial charge in [-0.25, -0.2) is 0 Å². The van der Waals surface area contributed by atoms with E-state index in [-0.39, 0.29) is 44.8 Å². The van der Waals surface area contributed by atoms with Gasteiger partial charge in [0, 0.05) is 13.2 Å². The molecule has 0 saturated carbocycles. The summed E-state index contributed by atoms with van der Waals surface area (Å²) in [6, 6.07) is 0. The minimum atomic E-state index is 0. The Morgan fingerprint density at radius 2 is 1.00 bits per heavy atom. The number of aliphatic hydroxyl groups is 2. The number of hydrogen-bond acceptors (Lipinski definition) is 4. The quantitative estimate of drug-likeness (QED) is 0.321. The first-order valence-electron chi connectivity index (χ1n) is 3.04. The van der Waals surface area contributed by atoms with Crippen molar-refractivity contribution in [1.82, 2.24) is 6.15 Å². The summed E-state index contributed by atoms with van der Waals surface area (Å²) in [6.07, 6.45) is 0. The summed E-state index contributed by atoms with van der Waals surface area (Å²) in [6.45, 7) is 5.43. The molecule has 0 bridgehead atoms. The molecule has 0 unspecified atom stereocenters. The Morgan fingerprint density at radius 3 is 1.00 bits per heavy atom. The molecule has 0 saturated heterocycles. The van der Waals surface area contributed by atoms with Crippen LogP contribution in [-0.2, 0) is 0 Å². The predicted molar refractivity (Wildman–Crippen MR) is 41.1 cm³/mol. The molecule has 4 nitrogen and oxygen atoms in total. The smallest absolute Gasteiger partial charge is 0.855 e. The van der Waals surface area contributed by atoms with Crippen molar-refractivity contribution in [3.8, 4) is 0 Å². The zero-order valence-electron chi connectivity index (χ0n) is 8.13. The minimum Gasteiger partial charge on any atom is -0.855 e. The van der Waals surface area contributed by atoms with Gasteiger partial charge >= 0.3 is 18.9 Å². The molecule has 0 aliphatic rings. The monoisotopic (exact) mass is 161 g/mol. The molecule has 0 amide bonds. The van der Waals surface area contributed by atoms with Gasteiger partial charge in [-0.05, 0) is 13.8 Å². The van der Waals surface area contributed by atoms with E-state index >= 15 is 0 Å². The topological polar surface area (TPSA) is 98.5 Å². The van der Waals surface area contributed by atoms with Gasteiger partial charge in [0.15, 0.2) is 0 Å². The first kappa shape index (κ1) is 30.1. The molecule has 0 aromatic heterocycles. The van der Waals surface area contributed by atoms with Crippen LogP contribution in [0.3, 0.4) is 0 Å². The molecule has 0 aromatic carbocycles. The van der Waals surface area contributed by atoms with E-state index in [1.165, 1.54) is 0 Å². The fraction of sp³-hybridized carbons (Fsp3) is 1.00. The third kappa shape index (κ3) is 3880. The summed E-state index contributed by atoms with van der Waals surface area (Å²) < 4.78 is 0. The minimum absolute atomic E-state index is 0. The SMILES string of the molecule is CCO.CCO.CC[O-].N.[Li+]. The Labute approximate surface area is 81.4 Å². The van der Waals surface area contributed by atoms with Crippen molar-refractivity contribution in [3.05, 3.63) is 0 Å².